The maximum atomic E-state index is 3.67. The third-order valence-electron chi connectivity index (χ3n) is 1.62. The molecule has 117 valence electrons. The minimum Gasteiger partial charge on any atom is -0.351 e. The van der Waals surface area contributed by atoms with E-state index in [2.05, 4.69) is 39.9 Å². The monoisotopic (exact) mass is 361 g/mol. The van der Waals surface area contributed by atoms with Gasteiger partial charge in [0.15, 0.2) is 0 Å². The summed E-state index contributed by atoms with van der Waals surface area (Å²) in [5.41, 5.74) is 0. The molecule has 0 unspecified atom stereocenters. The summed E-state index contributed by atoms with van der Waals surface area (Å²) in [6.45, 7) is 0. The summed E-state index contributed by atoms with van der Waals surface area (Å²) in [7, 11) is 0. The number of imidazole rings is 4. The van der Waals surface area contributed by atoms with Gasteiger partial charge in [-0.15, -0.1) is 0 Å². The Labute approximate surface area is 140 Å². The third-order valence-corrected chi connectivity index (χ3v) is 1.62. The van der Waals surface area contributed by atoms with Gasteiger partial charge in [-0.1, -0.05) is 0 Å². The van der Waals surface area contributed by atoms with Gasteiger partial charge in [0.2, 0.25) is 0 Å². The summed E-state index contributed by atoms with van der Waals surface area (Å²) in [5.74, 6) is 0. The van der Waals surface area contributed by atoms with Crippen LogP contribution in [0.3, 0.4) is 0 Å². The number of hydrogen-bond acceptors (Lipinski definition) is 4. The Bertz CT molecular complexity index is 362. The second-order valence-corrected chi connectivity index (χ2v) is 3.04. The van der Waals surface area contributed by atoms with E-state index in [1.54, 1.807) is 74.9 Å². The summed E-state index contributed by atoms with van der Waals surface area (Å²) in [5, 5.41) is 0. The van der Waals surface area contributed by atoms with Gasteiger partial charge in [-0.2, -0.15) is 0 Å². The van der Waals surface area contributed by atoms with Gasteiger partial charge in [-0.3, -0.25) is 0 Å². The molecule has 0 atom stereocenters. The largest absolute Gasteiger partial charge is 0.351 e. The van der Waals surface area contributed by atoms with Crippen LogP contribution < -0.4 is 0 Å². The van der Waals surface area contributed by atoms with Crippen molar-refractivity contribution in [1.82, 2.24) is 39.9 Å². The molecule has 0 saturated heterocycles. The van der Waals surface area contributed by atoms with Crippen molar-refractivity contribution in [2.24, 2.45) is 0 Å². The Kier molecular flexibility index (Phi) is 18.2. The summed E-state index contributed by atoms with van der Waals surface area (Å²) in [6.07, 6.45) is 20.3. The van der Waals surface area contributed by atoms with E-state index in [-0.39, 0.29) is 25.3 Å². The molecule has 1 radical (unpaired) electrons. The first-order valence-electron chi connectivity index (χ1n) is 5.71. The van der Waals surface area contributed by atoms with Gasteiger partial charge in [0.1, 0.15) is 0 Å². The molecule has 4 heterocycles. The molecule has 0 aromatic carbocycles. The summed E-state index contributed by atoms with van der Waals surface area (Å²) < 4.78 is 0. The van der Waals surface area contributed by atoms with Crippen molar-refractivity contribution < 1.29 is 5.48 Å². The molecule has 4 aromatic heterocycles. The molecule has 6 N–H and O–H groups in total. The minimum atomic E-state index is 0. The van der Waals surface area contributed by atoms with E-state index in [0.29, 0.717) is 0 Å². The van der Waals surface area contributed by atoms with Gasteiger partial charge in [0, 0.05) is 49.6 Å². The molecule has 10 heteroatoms. The fraction of sp³-hybridized carbons (Fsp3) is 0. The Balaban J connectivity index is 0. The molecule has 22 heavy (non-hydrogen) atoms. The van der Waals surface area contributed by atoms with Crippen molar-refractivity contribution in [3.63, 3.8) is 0 Å². The van der Waals surface area contributed by atoms with Crippen LogP contribution in [0.2, 0.25) is 0 Å². The van der Waals surface area contributed by atoms with E-state index in [1.165, 1.54) is 0 Å². The SMILES string of the molecule is O.[GaH2].c1c[nH]cn1.c1c[nH]cn1.c1c[nH]cn1.c1c[nH]cn1. The van der Waals surface area contributed by atoms with Crippen molar-refractivity contribution in [1.29, 1.82) is 0 Å². The standard InChI is InChI=1S/4C3H4N2.Ga.H2O.2H/c4*1-2-5-3-4-1;;;;/h4*1-3H,(H,4,5);;1H2;;. The van der Waals surface area contributed by atoms with Crippen LogP contribution in [0.4, 0.5) is 0 Å². The van der Waals surface area contributed by atoms with Crippen molar-refractivity contribution in [3.8, 4) is 0 Å². The van der Waals surface area contributed by atoms with Gasteiger partial charge in [0.25, 0.3) is 0 Å². The molecule has 0 saturated carbocycles. The van der Waals surface area contributed by atoms with E-state index >= 15 is 0 Å². The Morgan fingerprint density at radius 2 is 0.682 bits per heavy atom. The molecule has 0 aliphatic heterocycles. The molecule has 0 spiro atoms. The predicted octanol–water partition coefficient (Wildman–Crippen LogP) is -0.102. The van der Waals surface area contributed by atoms with E-state index in [4.69, 9.17) is 0 Å². The molecule has 0 aliphatic rings. The minimum absolute atomic E-state index is 0. The summed E-state index contributed by atoms with van der Waals surface area (Å²) >= 11 is 0. The van der Waals surface area contributed by atoms with Crippen molar-refractivity contribution in [3.05, 3.63) is 74.9 Å². The third kappa shape index (κ3) is 15.5. The molecule has 4 rings (SSSR count). The Morgan fingerprint density at radius 1 is 0.455 bits per heavy atom. The van der Waals surface area contributed by atoms with Crippen LogP contribution in [0.1, 0.15) is 0 Å². The molecular weight excluding hydrogens is 342 g/mol. The van der Waals surface area contributed by atoms with Crippen LogP contribution in [0.15, 0.2) is 74.9 Å². The van der Waals surface area contributed by atoms with E-state index in [1.807, 2.05) is 0 Å². The van der Waals surface area contributed by atoms with Gasteiger partial charge in [-0.25, -0.2) is 19.9 Å². The van der Waals surface area contributed by atoms with Crippen LogP contribution in [-0.4, -0.2) is 65.1 Å². The number of hydrogen-bond donors (Lipinski definition) is 4. The molecule has 4 aromatic rings. The first kappa shape index (κ1) is 21.7. The van der Waals surface area contributed by atoms with E-state index in [9.17, 15) is 0 Å². The summed E-state index contributed by atoms with van der Waals surface area (Å²) in [6, 6.07) is 0. The van der Waals surface area contributed by atoms with Gasteiger partial charge in [-0.05, 0) is 0 Å². The molecule has 0 aliphatic carbocycles. The average Bonchev–Trinajstić information content (AvgIpc) is 3.40. The first-order chi connectivity index (χ1) is 10.0. The average molecular weight is 362 g/mol. The smallest absolute Gasteiger partial charge is 0.0919 e. The number of rotatable bonds is 0. The van der Waals surface area contributed by atoms with Crippen LogP contribution >= 0.6 is 0 Å². The quantitative estimate of drug-likeness (QED) is 0.324. The van der Waals surface area contributed by atoms with Crippen molar-refractivity contribution in [2.75, 3.05) is 0 Å². The number of nitrogens with one attached hydrogen (secondary N) is 4. The molecule has 9 nitrogen and oxygen atoms in total. The topological polar surface area (TPSA) is 146 Å². The van der Waals surface area contributed by atoms with Crippen molar-refractivity contribution >= 4 is 19.8 Å². The number of nitrogens with zero attached hydrogens (tertiary/aromatic N) is 4. The molecule has 0 bridgehead atoms. The van der Waals surface area contributed by atoms with Crippen molar-refractivity contribution in [2.45, 2.75) is 0 Å². The maximum Gasteiger partial charge on any atom is 0.0919 e. The fourth-order valence-electron chi connectivity index (χ4n) is 0.861. The second-order valence-electron chi connectivity index (χ2n) is 3.04. The van der Waals surface area contributed by atoms with Crippen LogP contribution in [0, 0.1) is 0 Å². The summed E-state index contributed by atoms with van der Waals surface area (Å²) in [4.78, 5) is 25.7. The second kappa shape index (κ2) is 18.4. The van der Waals surface area contributed by atoms with Gasteiger partial charge >= 0.3 is 19.8 Å². The fourth-order valence-corrected chi connectivity index (χ4v) is 0.861. The zero-order valence-corrected chi connectivity index (χ0v) is 16.4. The number of aromatic nitrogens is 8. The van der Waals surface area contributed by atoms with Crippen LogP contribution in [-0.2, 0) is 0 Å². The number of H-pyrrole nitrogens is 4. The van der Waals surface area contributed by atoms with E-state index < -0.39 is 0 Å². The molecule has 0 amide bonds. The maximum absolute atomic E-state index is 3.67. The Hall–Kier alpha value is -2.56. The van der Waals surface area contributed by atoms with Crippen LogP contribution in [0.5, 0.6) is 0 Å². The Morgan fingerprint density at radius 3 is 0.727 bits per heavy atom. The van der Waals surface area contributed by atoms with Gasteiger partial charge in [0.05, 0.1) is 25.3 Å². The van der Waals surface area contributed by atoms with E-state index in [0.717, 1.165) is 0 Å². The van der Waals surface area contributed by atoms with Crippen LogP contribution in [0.25, 0.3) is 0 Å². The predicted molar refractivity (Wildman–Crippen MR) is 86.5 cm³/mol. The molecule has 0 fully saturated rings. The normalized spacial score (nSPS) is 7.27. The zero-order valence-electron chi connectivity index (χ0n) is 12.2. The first-order valence-corrected chi connectivity index (χ1v) is 5.71. The zero-order chi connectivity index (χ0) is 14.1. The number of aromatic amines is 4. The molecular formula is C12H20GaN8O. The van der Waals surface area contributed by atoms with Gasteiger partial charge < -0.3 is 25.4 Å².